The van der Waals surface area contributed by atoms with Gasteiger partial charge < -0.3 is 5.32 Å². The maximum Gasteiger partial charge on any atom is 0.135 e. The van der Waals surface area contributed by atoms with Crippen LogP contribution in [0.3, 0.4) is 0 Å². The molecule has 0 atom stereocenters. The van der Waals surface area contributed by atoms with Crippen molar-refractivity contribution >= 4 is 0 Å². The van der Waals surface area contributed by atoms with Crippen LogP contribution in [0, 0.1) is 11.6 Å². The van der Waals surface area contributed by atoms with E-state index < -0.39 is 11.6 Å². The van der Waals surface area contributed by atoms with Crippen LogP contribution in [0.15, 0.2) is 24.4 Å². The number of halogens is 2. The monoisotopic (exact) mass is 237 g/mol. The van der Waals surface area contributed by atoms with E-state index >= 15 is 0 Å². The molecule has 0 amide bonds. The molecule has 2 rings (SSSR count). The van der Waals surface area contributed by atoms with Gasteiger partial charge in [0.05, 0.1) is 17.5 Å². The molecular weight excluding hydrogens is 224 g/mol. The van der Waals surface area contributed by atoms with E-state index in [2.05, 4.69) is 15.5 Å². The normalized spacial score (nSPS) is 10.8. The summed E-state index contributed by atoms with van der Waals surface area (Å²) in [5.74, 6) is -1.18. The van der Waals surface area contributed by atoms with E-state index in [9.17, 15) is 8.78 Å². The van der Waals surface area contributed by atoms with Crippen molar-refractivity contribution in [1.29, 1.82) is 0 Å². The lowest BCUT2D eigenvalue weighted by atomic mass is 10.1. The molecule has 3 nitrogen and oxygen atoms in total. The fraction of sp³-hybridized carbons (Fsp3) is 0.250. The van der Waals surface area contributed by atoms with Gasteiger partial charge in [-0.05, 0) is 18.7 Å². The summed E-state index contributed by atoms with van der Waals surface area (Å²) < 4.78 is 27.2. The third-order valence-corrected chi connectivity index (χ3v) is 2.50. The second kappa shape index (κ2) is 5.05. The van der Waals surface area contributed by atoms with Crippen molar-refractivity contribution in [2.24, 2.45) is 0 Å². The summed E-state index contributed by atoms with van der Waals surface area (Å²) in [5, 5.41) is 9.57. The number of nitrogens with one attached hydrogen (secondary N) is 2. The van der Waals surface area contributed by atoms with Gasteiger partial charge in [0.15, 0.2) is 0 Å². The molecule has 0 saturated heterocycles. The SMILES string of the molecule is CCNCc1cn[nH]c1-c1c(F)cccc1F. The van der Waals surface area contributed by atoms with Crippen LogP contribution in [-0.4, -0.2) is 16.7 Å². The zero-order valence-electron chi connectivity index (χ0n) is 9.43. The molecule has 0 unspecified atom stereocenters. The highest BCUT2D eigenvalue weighted by atomic mass is 19.1. The van der Waals surface area contributed by atoms with Crippen LogP contribution in [0.4, 0.5) is 8.78 Å². The van der Waals surface area contributed by atoms with Crippen LogP contribution < -0.4 is 5.32 Å². The summed E-state index contributed by atoms with van der Waals surface area (Å²) in [4.78, 5) is 0. The van der Waals surface area contributed by atoms with Crippen molar-refractivity contribution in [3.05, 3.63) is 41.6 Å². The van der Waals surface area contributed by atoms with Crippen LogP contribution in [0.25, 0.3) is 11.3 Å². The molecular formula is C12H13F2N3. The van der Waals surface area contributed by atoms with Gasteiger partial charge in [0.2, 0.25) is 0 Å². The quantitative estimate of drug-likeness (QED) is 0.857. The lowest BCUT2D eigenvalue weighted by molar-refractivity contribution is 0.588. The average Bonchev–Trinajstić information content (AvgIpc) is 2.74. The summed E-state index contributed by atoms with van der Waals surface area (Å²) >= 11 is 0. The first kappa shape index (κ1) is 11.7. The highest BCUT2D eigenvalue weighted by molar-refractivity contribution is 5.64. The molecule has 17 heavy (non-hydrogen) atoms. The summed E-state index contributed by atoms with van der Waals surface area (Å²) in [5.41, 5.74) is 1.08. The lowest BCUT2D eigenvalue weighted by Crippen LogP contribution is -2.12. The van der Waals surface area contributed by atoms with Crippen LogP contribution in [0.2, 0.25) is 0 Å². The van der Waals surface area contributed by atoms with E-state index in [0.29, 0.717) is 12.2 Å². The van der Waals surface area contributed by atoms with Crippen molar-refractivity contribution in [2.45, 2.75) is 13.5 Å². The van der Waals surface area contributed by atoms with E-state index in [-0.39, 0.29) is 5.56 Å². The van der Waals surface area contributed by atoms with Crippen molar-refractivity contribution in [3.8, 4) is 11.3 Å². The maximum atomic E-state index is 13.6. The zero-order valence-corrected chi connectivity index (χ0v) is 9.43. The summed E-state index contributed by atoms with van der Waals surface area (Å²) in [7, 11) is 0. The molecule has 1 heterocycles. The van der Waals surface area contributed by atoms with E-state index in [1.54, 1.807) is 6.20 Å². The van der Waals surface area contributed by atoms with E-state index in [4.69, 9.17) is 0 Å². The van der Waals surface area contributed by atoms with Gasteiger partial charge in [0.25, 0.3) is 0 Å². The predicted molar refractivity (Wildman–Crippen MR) is 61.3 cm³/mol. The third-order valence-electron chi connectivity index (χ3n) is 2.50. The van der Waals surface area contributed by atoms with Gasteiger partial charge >= 0.3 is 0 Å². The summed E-state index contributed by atoms with van der Waals surface area (Å²) in [6, 6.07) is 3.81. The second-order valence-electron chi connectivity index (χ2n) is 3.65. The Morgan fingerprint density at radius 3 is 2.65 bits per heavy atom. The number of aromatic nitrogens is 2. The Morgan fingerprint density at radius 2 is 2.00 bits per heavy atom. The molecule has 1 aromatic heterocycles. The first-order valence-corrected chi connectivity index (χ1v) is 5.41. The Kier molecular flexibility index (Phi) is 3.49. The van der Waals surface area contributed by atoms with Crippen LogP contribution in [-0.2, 0) is 6.54 Å². The van der Waals surface area contributed by atoms with Crippen LogP contribution >= 0.6 is 0 Å². The minimum Gasteiger partial charge on any atom is -0.313 e. The number of H-pyrrole nitrogens is 1. The van der Waals surface area contributed by atoms with Crippen molar-refractivity contribution in [1.82, 2.24) is 15.5 Å². The molecule has 0 fully saturated rings. The number of hydrogen-bond acceptors (Lipinski definition) is 2. The Hall–Kier alpha value is -1.75. The summed E-state index contributed by atoms with van der Waals surface area (Å²) in [6.45, 7) is 3.27. The van der Waals surface area contributed by atoms with Gasteiger partial charge in [-0.2, -0.15) is 5.10 Å². The predicted octanol–water partition coefficient (Wildman–Crippen LogP) is 2.46. The molecule has 1 aromatic carbocycles. The molecule has 0 aliphatic rings. The highest BCUT2D eigenvalue weighted by Gasteiger charge is 2.15. The van der Waals surface area contributed by atoms with Gasteiger partial charge in [0, 0.05) is 12.1 Å². The lowest BCUT2D eigenvalue weighted by Gasteiger charge is -2.06. The van der Waals surface area contributed by atoms with Gasteiger partial charge in [-0.3, -0.25) is 5.10 Å². The summed E-state index contributed by atoms with van der Waals surface area (Å²) in [6.07, 6.45) is 1.57. The van der Waals surface area contributed by atoms with Crippen LogP contribution in [0.5, 0.6) is 0 Å². The van der Waals surface area contributed by atoms with Crippen molar-refractivity contribution < 1.29 is 8.78 Å². The number of benzene rings is 1. The second-order valence-corrected chi connectivity index (χ2v) is 3.65. The Morgan fingerprint density at radius 1 is 1.29 bits per heavy atom. The van der Waals surface area contributed by atoms with Gasteiger partial charge in [-0.1, -0.05) is 13.0 Å². The standard InChI is InChI=1S/C12H13F2N3/c1-2-15-6-8-7-16-17-12(8)11-9(13)4-3-5-10(11)14/h3-5,7,15H,2,6H2,1H3,(H,16,17). The molecule has 0 spiro atoms. The number of hydrogen-bond donors (Lipinski definition) is 2. The Balaban J connectivity index is 2.43. The first-order chi connectivity index (χ1) is 8.24. The van der Waals surface area contributed by atoms with E-state index in [1.807, 2.05) is 6.92 Å². The Bertz CT molecular complexity index is 488. The van der Waals surface area contributed by atoms with E-state index in [0.717, 1.165) is 12.1 Å². The molecule has 2 N–H and O–H groups in total. The fourth-order valence-corrected chi connectivity index (χ4v) is 1.66. The third kappa shape index (κ3) is 2.34. The topological polar surface area (TPSA) is 40.7 Å². The number of rotatable bonds is 4. The van der Waals surface area contributed by atoms with Crippen molar-refractivity contribution in [2.75, 3.05) is 6.54 Å². The highest BCUT2D eigenvalue weighted by Crippen LogP contribution is 2.26. The molecule has 90 valence electrons. The average molecular weight is 237 g/mol. The largest absolute Gasteiger partial charge is 0.313 e. The number of aromatic amines is 1. The molecule has 0 aliphatic heterocycles. The minimum absolute atomic E-state index is 0.0575. The van der Waals surface area contributed by atoms with Gasteiger partial charge in [-0.15, -0.1) is 0 Å². The molecule has 0 bridgehead atoms. The van der Waals surface area contributed by atoms with Gasteiger partial charge in [-0.25, -0.2) is 8.78 Å². The Labute approximate surface area is 97.9 Å². The molecule has 2 aromatic rings. The first-order valence-electron chi connectivity index (χ1n) is 5.41. The molecule has 0 saturated carbocycles. The van der Waals surface area contributed by atoms with Gasteiger partial charge in [0.1, 0.15) is 11.6 Å². The molecule has 5 heteroatoms. The van der Waals surface area contributed by atoms with Crippen LogP contribution in [0.1, 0.15) is 12.5 Å². The molecule has 0 aliphatic carbocycles. The molecule has 0 radical (unpaired) electrons. The minimum atomic E-state index is -0.591. The van der Waals surface area contributed by atoms with Crippen molar-refractivity contribution in [3.63, 3.8) is 0 Å². The zero-order chi connectivity index (χ0) is 12.3. The van der Waals surface area contributed by atoms with E-state index in [1.165, 1.54) is 18.2 Å². The fourth-order valence-electron chi connectivity index (χ4n) is 1.66. The maximum absolute atomic E-state index is 13.6. The smallest absolute Gasteiger partial charge is 0.135 e. The number of nitrogens with zero attached hydrogens (tertiary/aromatic N) is 1.